The van der Waals surface area contributed by atoms with Crippen molar-refractivity contribution in [3.05, 3.63) is 53.6 Å². The quantitative estimate of drug-likeness (QED) is 0.336. The molecule has 2 aliphatic rings. The van der Waals surface area contributed by atoms with Crippen LogP contribution in [0.25, 0.3) is 11.1 Å². The molecule has 2 heterocycles. The lowest BCUT2D eigenvalue weighted by Crippen LogP contribution is -2.52. The molecule has 0 saturated carbocycles. The minimum absolute atomic E-state index is 0.0562. The number of likely N-dealkylation sites (tertiary alicyclic amines) is 1. The molecule has 0 atom stereocenters. The number of hydrogen-bond acceptors (Lipinski definition) is 5. The van der Waals surface area contributed by atoms with Gasteiger partial charge in [0.05, 0.1) is 5.75 Å². The number of nitrogens with two attached hydrogens (primary N) is 1. The molecule has 0 bridgehead atoms. The zero-order chi connectivity index (χ0) is 21.4. The summed E-state index contributed by atoms with van der Waals surface area (Å²) in [6.45, 7) is 1.42. The van der Waals surface area contributed by atoms with Crippen molar-refractivity contribution < 1.29 is 18.4 Å². The topological polar surface area (TPSA) is 105 Å². The van der Waals surface area contributed by atoms with Gasteiger partial charge in [0.1, 0.15) is 11.4 Å². The van der Waals surface area contributed by atoms with Crippen LogP contribution in [0, 0.1) is 0 Å². The van der Waals surface area contributed by atoms with Crippen molar-refractivity contribution in [2.45, 2.75) is 37.0 Å². The Morgan fingerprint density at radius 3 is 2.43 bits per heavy atom. The smallest absolute Gasteiger partial charge is 0.233 e. The zero-order valence-corrected chi connectivity index (χ0v) is 17.9. The maximum atomic E-state index is 11.5. The van der Waals surface area contributed by atoms with Gasteiger partial charge in [0.2, 0.25) is 5.96 Å². The van der Waals surface area contributed by atoms with E-state index in [1.165, 1.54) is 11.8 Å². The number of sulfone groups is 1. The highest BCUT2D eigenvalue weighted by atomic mass is 32.2. The van der Waals surface area contributed by atoms with E-state index in [4.69, 9.17) is 15.7 Å². The molecule has 7 nitrogen and oxygen atoms in total. The summed E-state index contributed by atoms with van der Waals surface area (Å²) in [7, 11) is -3.04. The van der Waals surface area contributed by atoms with Gasteiger partial charge in [-0.2, -0.15) is 0 Å². The highest BCUT2D eigenvalue weighted by molar-refractivity contribution is 7.89. The number of nitrogens with zero attached hydrogens (tertiary/aromatic N) is 2. The summed E-state index contributed by atoms with van der Waals surface area (Å²) in [6, 6.07) is 13.9. The average molecular weight is 430 g/mol. The lowest BCUT2D eigenvalue weighted by atomic mass is 9.82. The van der Waals surface area contributed by atoms with Gasteiger partial charge in [0, 0.05) is 32.2 Å². The number of benzene rings is 2. The van der Waals surface area contributed by atoms with E-state index < -0.39 is 9.84 Å². The average Bonchev–Trinajstić information content (AvgIpc) is 2.73. The first kappa shape index (κ1) is 20.5. The van der Waals surface area contributed by atoms with Crippen molar-refractivity contribution in [2.75, 3.05) is 19.3 Å². The molecular formula is C22H27N3O4S. The molecule has 160 valence electrons. The Kier molecular flexibility index (Phi) is 5.36. The van der Waals surface area contributed by atoms with Crippen LogP contribution in [0.5, 0.6) is 5.75 Å². The number of hydrogen-bond donors (Lipinski definition) is 2. The monoisotopic (exact) mass is 429 g/mol. The maximum Gasteiger partial charge on any atom is 0.233 e. The van der Waals surface area contributed by atoms with Gasteiger partial charge in [-0.1, -0.05) is 35.5 Å². The standard InChI is InChI=1S/C22H27N3O4S/c1-30(27,28)15-16-2-4-17(5-3-16)18-6-7-20-19(14-18)8-9-22(29-20)10-12-25(13-11-22)21(23)24-26/h2-7,14,26H,8-13,15H2,1H3,(H2,23,24). The number of aryl methyl sites for hydroxylation is 1. The molecule has 2 aliphatic heterocycles. The predicted molar refractivity (Wildman–Crippen MR) is 116 cm³/mol. The van der Waals surface area contributed by atoms with Gasteiger partial charge >= 0.3 is 0 Å². The van der Waals surface area contributed by atoms with Crippen LogP contribution in [-0.4, -0.2) is 49.4 Å². The van der Waals surface area contributed by atoms with Crippen LogP contribution < -0.4 is 10.5 Å². The summed E-state index contributed by atoms with van der Waals surface area (Å²) in [6.07, 6.45) is 4.81. The molecule has 0 unspecified atom stereocenters. The Morgan fingerprint density at radius 1 is 1.13 bits per heavy atom. The molecule has 3 N–H and O–H groups in total. The Balaban J connectivity index is 1.47. The predicted octanol–water partition coefficient (Wildman–Crippen LogP) is 2.76. The molecule has 0 aliphatic carbocycles. The number of piperidine rings is 1. The molecule has 0 radical (unpaired) electrons. The van der Waals surface area contributed by atoms with Crippen molar-refractivity contribution in [3.8, 4) is 16.9 Å². The van der Waals surface area contributed by atoms with Crippen molar-refractivity contribution in [1.82, 2.24) is 4.90 Å². The normalized spacial score (nSPS) is 18.7. The third-order valence-electron chi connectivity index (χ3n) is 6.05. The Hall–Kier alpha value is -2.74. The Morgan fingerprint density at radius 2 is 1.80 bits per heavy atom. The molecular weight excluding hydrogens is 402 g/mol. The van der Waals surface area contributed by atoms with E-state index in [9.17, 15) is 8.42 Å². The summed E-state index contributed by atoms with van der Waals surface area (Å²) in [5, 5.41) is 12.0. The van der Waals surface area contributed by atoms with Gasteiger partial charge in [-0.25, -0.2) is 8.42 Å². The second-order valence-electron chi connectivity index (χ2n) is 8.32. The Labute approximate surface area is 177 Å². The molecule has 1 spiro atoms. The van der Waals surface area contributed by atoms with Crippen LogP contribution in [0.3, 0.4) is 0 Å². The van der Waals surface area contributed by atoms with E-state index in [1.54, 1.807) is 0 Å². The van der Waals surface area contributed by atoms with Gasteiger partial charge in [0.15, 0.2) is 9.84 Å². The molecule has 0 aromatic heterocycles. The van der Waals surface area contributed by atoms with E-state index in [0.717, 1.165) is 48.1 Å². The summed E-state index contributed by atoms with van der Waals surface area (Å²) >= 11 is 0. The fourth-order valence-electron chi connectivity index (χ4n) is 4.36. The van der Waals surface area contributed by atoms with E-state index in [0.29, 0.717) is 13.1 Å². The van der Waals surface area contributed by atoms with Gasteiger partial charge in [-0.15, -0.1) is 0 Å². The molecule has 4 rings (SSSR count). The summed E-state index contributed by atoms with van der Waals surface area (Å²) in [5.41, 5.74) is 9.66. The summed E-state index contributed by atoms with van der Waals surface area (Å²) in [4.78, 5) is 1.88. The lowest BCUT2D eigenvalue weighted by molar-refractivity contribution is -0.00134. The number of ether oxygens (including phenoxy) is 1. The second kappa shape index (κ2) is 7.83. The summed E-state index contributed by atoms with van der Waals surface area (Å²) in [5.74, 6) is 1.14. The van der Waals surface area contributed by atoms with Gasteiger partial charge in [-0.05, 0) is 47.2 Å². The number of fused-ring (bicyclic) bond motifs is 1. The van der Waals surface area contributed by atoms with Crippen molar-refractivity contribution in [2.24, 2.45) is 10.9 Å². The second-order valence-corrected chi connectivity index (χ2v) is 10.5. The van der Waals surface area contributed by atoms with Crippen LogP contribution in [0.4, 0.5) is 0 Å². The maximum absolute atomic E-state index is 11.5. The first-order valence-electron chi connectivity index (χ1n) is 10.1. The van der Waals surface area contributed by atoms with E-state index >= 15 is 0 Å². The van der Waals surface area contributed by atoms with Crippen LogP contribution in [-0.2, 0) is 22.0 Å². The van der Waals surface area contributed by atoms with Crippen molar-refractivity contribution >= 4 is 15.8 Å². The number of guanidine groups is 1. The molecule has 30 heavy (non-hydrogen) atoms. The highest BCUT2D eigenvalue weighted by Crippen LogP contribution is 2.40. The fraction of sp³-hybridized carbons (Fsp3) is 0.409. The SMILES string of the molecule is CS(=O)(=O)Cc1ccc(-c2ccc3c(c2)CCC2(CCN(C(N)=NO)CC2)O3)cc1. The Bertz CT molecular complexity index is 1060. The fourth-order valence-corrected chi connectivity index (χ4v) is 5.15. The third-order valence-corrected chi connectivity index (χ3v) is 6.91. The summed E-state index contributed by atoms with van der Waals surface area (Å²) < 4.78 is 29.4. The minimum atomic E-state index is -3.04. The molecule has 1 saturated heterocycles. The van der Waals surface area contributed by atoms with Crippen molar-refractivity contribution in [3.63, 3.8) is 0 Å². The van der Waals surface area contributed by atoms with Crippen LogP contribution in [0.15, 0.2) is 47.6 Å². The third kappa shape index (κ3) is 4.38. The molecule has 0 amide bonds. The van der Waals surface area contributed by atoms with Gasteiger partial charge < -0.3 is 20.6 Å². The van der Waals surface area contributed by atoms with E-state index in [-0.39, 0.29) is 17.3 Å². The number of oxime groups is 1. The van der Waals surface area contributed by atoms with Gasteiger partial charge in [0.25, 0.3) is 0 Å². The van der Waals surface area contributed by atoms with Crippen LogP contribution >= 0.6 is 0 Å². The van der Waals surface area contributed by atoms with E-state index in [1.807, 2.05) is 35.2 Å². The lowest BCUT2D eigenvalue weighted by Gasteiger charge is -2.44. The highest BCUT2D eigenvalue weighted by Gasteiger charge is 2.40. The molecule has 2 aromatic rings. The first-order valence-corrected chi connectivity index (χ1v) is 12.1. The number of rotatable bonds is 3. The first-order chi connectivity index (χ1) is 14.3. The van der Waals surface area contributed by atoms with Crippen molar-refractivity contribution in [1.29, 1.82) is 0 Å². The largest absolute Gasteiger partial charge is 0.487 e. The van der Waals surface area contributed by atoms with Crippen LogP contribution in [0.1, 0.15) is 30.4 Å². The molecule has 1 fully saturated rings. The van der Waals surface area contributed by atoms with Gasteiger partial charge in [-0.3, -0.25) is 0 Å². The van der Waals surface area contributed by atoms with E-state index in [2.05, 4.69) is 17.3 Å². The molecule has 2 aromatic carbocycles. The van der Waals surface area contributed by atoms with Crippen LogP contribution in [0.2, 0.25) is 0 Å². The molecule has 8 heteroatoms. The zero-order valence-electron chi connectivity index (χ0n) is 17.0. The minimum Gasteiger partial charge on any atom is -0.487 e.